The molecule has 2 atom stereocenters. The van der Waals surface area contributed by atoms with Crippen molar-refractivity contribution in [2.24, 2.45) is 0 Å². The molecule has 24 heavy (non-hydrogen) atoms. The van der Waals surface area contributed by atoms with Crippen LogP contribution in [0.1, 0.15) is 23.8 Å². The van der Waals surface area contributed by atoms with Gasteiger partial charge in [-0.3, -0.25) is 9.59 Å². The minimum Gasteiger partial charge on any atom is -0.467 e. The molecule has 2 heterocycles. The van der Waals surface area contributed by atoms with Crippen molar-refractivity contribution in [3.05, 3.63) is 59.5 Å². The molecule has 1 aromatic carbocycles. The first kappa shape index (κ1) is 16.3. The van der Waals surface area contributed by atoms with Crippen molar-refractivity contribution >= 4 is 11.8 Å². The number of rotatable bonds is 5. The zero-order valence-electron chi connectivity index (χ0n) is 13.6. The fourth-order valence-electron chi connectivity index (χ4n) is 2.87. The van der Waals surface area contributed by atoms with Crippen LogP contribution in [0.5, 0.6) is 0 Å². The van der Waals surface area contributed by atoms with E-state index in [0.29, 0.717) is 18.7 Å². The quantitative estimate of drug-likeness (QED) is 0.727. The molecular weight excluding hydrogens is 306 g/mol. The summed E-state index contributed by atoms with van der Waals surface area (Å²) < 4.78 is 5.17. The summed E-state index contributed by atoms with van der Waals surface area (Å²) in [7, 11) is 0. The van der Waals surface area contributed by atoms with Crippen molar-refractivity contribution in [1.29, 1.82) is 0 Å². The normalized spacial score (nSPS) is 17.6. The Labute approximate surface area is 140 Å². The molecule has 0 saturated heterocycles. The van der Waals surface area contributed by atoms with Gasteiger partial charge in [-0.15, -0.1) is 0 Å². The predicted octanol–water partition coefficient (Wildman–Crippen LogP) is 0.0888. The van der Waals surface area contributed by atoms with Crippen molar-refractivity contribution < 1.29 is 19.3 Å². The van der Waals surface area contributed by atoms with Gasteiger partial charge in [-0.2, -0.15) is 0 Å². The van der Waals surface area contributed by atoms with E-state index in [-0.39, 0.29) is 17.9 Å². The highest BCUT2D eigenvalue weighted by Crippen LogP contribution is 2.12. The molecule has 126 valence electrons. The molecule has 1 aliphatic rings. The first-order chi connectivity index (χ1) is 11.6. The van der Waals surface area contributed by atoms with E-state index < -0.39 is 6.04 Å². The third kappa shape index (κ3) is 3.83. The Hall–Kier alpha value is -2.60. The van der Waals surface area contributed by atoms with Crippen LogP contribution in [0.25, 0.3) is 0 Å². The highest BCUT2D eigenvalue weighted by Gasteiger charge is 2.29. The molecule has 0 saturated carbocycles. The second kappa shape index (κ2) is 7.31. The lowest BCUT2D eigenvalue weighted by Crippen LogP contribution is -2.93. The number of nitrogens with two attached hydrogens (primary N) is 1. The largest absolute Gasteiger partial charge is 0.467 e. The predicted molar refractivity (Wildman–Crippen MR) is 87.7 cm³/mol. The van der Waals surface area contributed by atoms with Gasteiger partial charge < -0.3 is 20.4 Å². The summed E-state index contributed by atoms with van der Waals surface area (Å²) in [5.74, 6) is 0.347. The van der Waals surface area contributed by atoms with E-state index in [1.165, 1.54) is 11.1 Å². The summed E-state index contributed by atoms with van der Waals surface area (Å²) in [4.78, 5) is 24.5. The first-order valence-electron chi connectivity index (χ1n) is 8.14. The van der Waals surface area contributed by atoms with Crippen LogP contribution in [0, 0.1) is 0 Å². The highest BCUT2D eigenvalue weighted by molar-refractivity contribution is 5.89. The summed E-state index contributed by atoms with van der Waals surface area (Å²) in [6, 6.07) is 10.9. The van der Waals surface area contributed by atoms with E-state index in [9.17, 15) is 9.59 Å². The van der Waals surface area contributed by atoms with Gasteiger partial charge in [0, 0.05) is 12.0 Å². The van der Waals surface area contributed by atoms with Gasteiger partial charge in [0.25, 0.3) is 5.91 Å². The van der Waals surface area contributed by atoms with Gasteiger partial charge in [0.05, 0.1) is 12.8 Å². The molecule has 0 aliphatic carbocycles. The van der Waals surface area contributed by atoms with Gasteiger partial charge in [-0.25, -0.2) is 0 Å². The van der Waals surface area contributed by atoms with Crippen molar-refractivity contribution in [2.45, 2.75) is 38.5 Å². The maximum absolute atomic E-state index is 12.4. The number of hydrogen-bond acceptors (Lipinski definition) is 3. The zero-order valence-corrected chi connectivity index (χ0v) is 13.6. The molecule has 0 radical (unpaired) electrons. The lowest BCUT2D eigenvalue weighted by Gasteiger charge is -2.23. The van der Waals surface area contributed by atoms with Crippen LogP contribution in [0.3, 0.4) is 0 Å². The lowest BCUT2D eigenvalue weighted by atomic mass is 9.95. The SMILES string of the molecule is C[C@@H](NC(=O)[C@@H]1Cc2ccccc2C[NH2+]1)C(=O)NCc1ccco1. The third-order valence-corrected chi connectivity index (χ3v) is 4.29. The summed E-state index contributed by atoms with van der Waals surface area (Å²) in [5, 5.41) is 7.57. The van der Waals surface area contributed by atoms with Crippen molar-refractivity contribution in [1.82, 2.24) is 10.6 Å². The van der Waals surface area contributed by atoms with E-state index >= 15 is 0 Å². The summed E-state index contributed by atoms with van der Waals surface area (Å²) in [6.07, 6.45) is 2.24. The van der Waals surface area contributed by atoms with Crippen LogP contribution in [0.2, 0.25) is 0 Å². The molecular formula is C18H22N3O3+. The minimum atomic E-state index is -0.585. The summed E-state index contributed by atoms with van der Waals surface area (Å²) >= 11 is 0. The van der Waals surface area contributed by atoms with E-state index in [2.05, 4.69) is 22.8 Å². The van der Waals surface area contributed by atoms with E-state index in [1.54, 1.807) is 25.3 Å². The molecule has 1 aliphatic heterocycles. The number of furan rings is 1. The Kier molecular flexibility index (Phi) is 4.96. The van der Waals surface area contributed by atoms with Crippen LogP contribution >= 0.6 is 0 Å². The maximum atomic E-state index is 12.4. The molecule has 0 bridgehead atoms. The smallest absolute Gasteiger partial charge is 0.279 e. The van der Waals surface area contributed by atoms with Crippen molar-refractivity contribution in [3.8, 4) is 0 Å². The number of hydrogen-bond donors (Lipinski definition) is 3. The molecule has 3 rings (SSSR count). The molecule has 0 fully saturated rings. The Bertz CT molecular complexity index is 712. The Morgan fingerprint density at radius 2 is 2.04 bits per heavy atom. The van der Waals surface area contributed by atoms with E-state index in [1.807, 2.05) is 17.4 Å². The standard InChI is InChI=1S/C18H21N3O3/c1-12(17(22)20-11-15-7-4-8-24-15)21-18(23)16-9-13-5-2-3-6-14(13)10-19-16/h2-8,12,16,19H,9-11H2,1H3,(H,20,22)(H,21,23)/p+1/t12-,16+/m1/s1. The Morgan fingerprint density at radius 1 is 1.25 bits per heavy atom. The van der Waals surface area contributed by atoms with Crippen LogP contribution < -0.4 is 16.0 Å². The minimum absolute atomic E-state index is 0.106. The number of nitrogens with one attached hydrogen (secondary N) is 2. The summed E-state index contributed by atoms with van der Waals surface area (Å²) in [5.41, 5.74) is 2.47. The van der Waals surface area contributed by atoms with Crippen LogP contribution in [-0.2, 0) is 29.1 Å². The molecule has 2 amide bonds. The van der Waals surface area contributed by atoms with Crippen molar-refractivity contribution in [2.75, 3.05) is 0 Å². The molecule has 6 nitrogen and oxygen atoms in total. The fraction of sp³-hybridized carbons (Fsp3) is 0.333. The van der Waals surface area contributed by atoms with E-state index in [4.69, 9.17) is 4.42 Å². The number of fused-ring (bicyclic) bond motifs is 1. The van der Waals surface area contributed by atoms with Gasteiger partial charge in [0.15, 0.2) is 6.04 Å². The molecule has 0 spiro atoms. The first-order valence-corrected chi connectivity index (χ1v) is 8.14. The Balaban J connectivity index is 1.50. The zero-order chi connectivity index (χ0) is 16.9. The van der Waals surface area contributed by atoms with Gasteiger partial charge >= 0.3 is 0 Å². The van der Waals surface area contributed by atoms with E-state index in [0.717, 1.165) is 6.54 Å². The van der Waals surface area contributed by atoms with Gasteiger partial charge in [-0.1, -0.05) is 24.3 Å². The monoisotopic (exact) mass is 328 g/mol. The average Bonchev–Trinajstić information content (AvgIpc) is 3.12. The number of carbonyl (C=O) groups is 2. The number of amides is 2. The molecule has 6 heteroatoms. The van der Waals surface area contributed by atoms with Crippen LogP contribution in [0.4, 0.5) is 0 Å². The second-order valence-corrected chi connectivity index (χ2v) is 6.05. The molecule has 2 aromatic rings. The molecule has 1 aromatic heterocycles. The molecule has 4 N–H and O–H groups in total. The topological polar surface area (TPSA) is 88.0 Å². The maximum Gasteiger partial charge on any atom is 0.279 e. The highest BCUT2D eigenvalue weighted by atomic mass is 16.3. The lowest BCUT2D eigenvalue weighted by molar-refractivity contribution is -0.695. The van der Waals surface area contributed by atoms with Gasteiger partial charge in [-0.05, 0) is 24.6 Å². The number of benzene rings is 1. The number of quaternary nitrogens is 1. The van der Waals surface area contributed by atoms with Crippen molar-refractivity contribution in [3.63, 3.8) is 0 Å². The van der Waals surface area contributed by atoms with Gasteiger partial charge in [0.1, 0.15) is 18.3 Å². The third-order valence-electron chi connectivity index (χ3n) is 4.29. The molecule has 0 unspecified atom stereocenters. The Morgan fingerprint density at radius 3 is 2.79 bits per heavy atom. The number of carbonyl (C=O) groups excluding carboxylic acids is 2. The summed E-state index contributed by atoms with van der Waals surface area (Å²) in [6.45, 7) is 2.79. The fourth-order valence-corrected chi connectivity index (χ4v) is 2.87. The van der Waals surface area contributed by atoms with Crippen LogP contribution in [-0.4, -0.2) is 23.9 Å². The average molecular weight is 328 g/mol. The second-order valence-electron chi connectivity index (χ2n) is 6.05. The van der Waals surface area contributed by atoms with Gasteiger partial charge in [0.2, 0.25) is 5.91 Å². The van der Waals surface area contributed by atoms with Crippen LogP contribution in [0.15, 0.2) is 47.1 Å².